The lowest BCUT2D eigenvalue weighted by atomic mass is 10.1. The van der Waals surface area contributed by atoms with E-state index in [0.717, 1.165) is 17.7 Å². The molecule has 0 bridgehead atoms. The number of rotatable bonds is 6. The van der Waals surface area contributed by atoms with Crippen LogP contribution in [-0.4, -0.2) is 36.7 Å². The highest BCUT2D eigenvalue weighted by atomic mass is 16.5. The van der Waals surface area contributed by atoms with Gasteiger partial charge < -0.3 is 14.7 Å². The average molecular weight is 237 g/mol. The molecular formula is C13H19NO3. The topological polar surface area (TPSA) is 49.8 Å². The predicted octanol–water partition coefficient (Wildman–Crippen LogP) is 1.17. The van der Waals surface area contributed by atoms with Crippen molar-refractivity contribution < 1.29 is 14.6 Å². The van der Waals surface area contributed by atoms with Gasteiger partial charge in [0.25, 0.3) is 0 Å². The molecule has 0 heterocycles. The van der Waals surface area contributed by atoms with Crippen molar-refractivity contribution in [1.82, 2.24) is 4.90 Å². The summed E-state index contributed by atoms with van der Waals surface area (Å²) >= 11 is 0. The van der Waals surface area contributed by atoms with E-state index in [1.165, 1.54) is 7.11 Å². The lowest BCUT2D eigenvalue weighted by molar-refractivity contribution is -0.140. The van der Waals surface area contributed by atoms with Gasteiger partial charge in [0.15, 0.2) is 0 Å². The fourth-order valence-electron chi connectivity index (χ4n) is 1.53. The molecule has 0 atom stereocenters. The van der Waals surface area contributed by atoms with Crippen molar-refractivity contribution in [3.63, 3.8) is 0 Å². The highest BCUT2D eigenvalue weighted by Crippen LogP contribution is 2.07. The number of benzene rings is 1. The SMILES string of the molecule is COC(=O)CCN(C)Cc1ccc(CO)cc1. The van der Waals surface area contributed by atoms with Crippen LogP contribution in [0.2, 0.25) is 0 Å². The number of esters is 1. The normalized spacial score (nSPS) is 10.6. The molecule has 0 spiro atoms. The van der Waals surface area contributed by atoms with E-state index in [4.69, 9.17) is 5.11 Å². The fourth-order valence-corrected chi connectivity index (χ4v) is 1.53. The van der Waals surface area contributed by atoms with Gasteiger partial charge in [-0.3, -0.25) is 4.79 Å². The Balaban J connectivity index is 2.39. The van der Waals surface area contributed by atoms with Crippen molar-refractivity contribution in [2.75, 3.05) is 20.7 Å². The zero-order valence-corrected chi connectivity index (χ0v) is 10.3. The van der Waals surface area contributed by atoms with Gasteiger partial charge in [0.1, 0.15) is 0 Å². The number of nitrogens with zero attached hydrogens (tertiary/aromatic N) is 1. The zero-order chi connectivity index (χ0) is 12.7. The number of carbonyl (C=O) groups is 1. The minimum absolute atomic E-state index is 0.0679. The molecule has 94 valence electrons. The molecule has 0 aliphatic rings. The number of hydrogen-bond donors (Lipinski definition) is 1. The summed E-state index contributed by atoms with van der Waals surface area (Å²) in [5.74, 6) is -0.188. The Morgan fingerprint density at radius 3 is 2.41 bits per heavy atom. The largest absolute Gasteiger partial charge is 0.469 e. The van der Waals surface area contributed by atoms with E-state index in [9.17, 15) is 4.79 Å². The average Bonchev–Trinajstić information content (AvgIpc) is 2.36. The van der Waals surface area contributed by atoms with Crippen molar-refractivity contribution in [3.8, 4) is 0 Å². The summed E-state index contributed by atoms with van der Waals surface area (Å²) in [7, 11) is 3.36. The van der Waals surface area contributed by atoms with Crippen LogP contribution in [0.1, 0.15) is 17.5 Å². The minimum atomic E-state index is -0.188. The summed E-state index contributed by atoms with van der Waals surface area (Å²) in [5.41, 5.74) is 2.07. The molecule has 1 aromatic carbocycles. The smallest absolute Gasteiger partial charge is 0.306 e. The second kappa shape index (κ2) is 7.04. The summed E-state index contributed by atoms with van der Waals surface area (Å²) < 4.78 is 4.59. The van der Waals surface area contributed by atoms with E-state index in [1.54, 1.807) is 0 Å². The van der Waals surface area contributed by atoms with Crippen LogP contribution in [0.4, 0.5) is 0 Å². The Morgan fingerprint density at radius 1 is 1.29 bits per heavy atom. The Morgan fingerprint density at radius 2 is 1.88 bits per heavy atom. The Kier molecular flexibility index (Phi) is 5.66. The number of methoxy groups -OCH3 is 1. The molecule has 0 aliphatic carbocycles. The third kappa shape index (κ3) is 4.97. The molecule has 0 aromatic heterocycles. The van der Waals surface area contributed by atoms with Crippen LogP contribution in [-0.2, 0) is 22.7 Å². The molecule has 4 nitrogen and oxygen atoms in total. The highest BCUT2D eigenvalue weighted by molar-refractivity contribution is 5.69. The molecule has 0 saturated carbocycles. The van der Waals surface area contributed by atoms with Gasteiger partial charge in [-0.15, -0.1) is 0 Å². The van der Waals surface area contributed by atoms with Crippen molar-refractivity contribution >= 4 is 5.97 Å². The Labute approximate surface area is 102 Å². The maximum absolute atomic E-state index is 11.0. The monoisotopic (exact) mass is 237 g/mol. The standard InChI is InChI=1S/C13H19NO3/c1-14(8-7-13(16)17-2)9-11-3-5-12(10-15)6-4-11/h3-6,15H,7-10H2,1-2H3. The minimum Gasteiger partial charge on any atom is -0.469 e. The molecule has 0 saturated heterocycles. The van der Waals surface area contributed by atoms with E-state index in [1.807, 2.05) is 31.3 Å². The number of aliphatic hydroxyl groups excluding tert-OH is 1. The lowest BCUT2D eigenvalue weighted by Crippen LogP contribution is -2.21. The molecule has 0 unspecified atom stereocenters. The molecule has 1 rings (SSSR count). The van der Waals surface area contributed by atoms with Gasteiger partial charge in [-0.05, 0) is 18.2 Å². The molecule has 1 N–H and O–H groups in total. The molecule has 1 aromatic rings. The van der Waals surface area contributed by atoms with Crippen LogP contribution in [0.5, 0.6) is 0 Å². The summed E-state index contributed by atoms with van der Waals surface area (Å²) in [6.07, 6.45) is 0.404. The lowest BCUT2D eigenvalue weighted by Gasteiger charge is -2.16. The van der Waals surface area contributed by atoms with Gasteiger partial charge in [-0.25, -0.2) is 0 Å². The molecular weight excluding hydrogens is 218 g/mol. The van der Waals surface area contributed by atoms with E-state index in [0.29, 0.717) is 13.0 Å². The third-order valence-corrected chi connectivity index (χ3v) is 2.58. The first kappa shape index (κ1) is 13.7. The first-order valence-electron chi connectivity index (χ1n) is 5.59. The van der Waals surface area contributed by atoms with Crippen LogP contribution in [0.3, 0.4) is 0 Å². The van der Waals surface area contributed by atoms with Gasteiger partial charge in [0.2, 0.25) is 0 Å². The maximum Gasteiger partial charge on any atom is 0.306 e. The van der Waals surface area contributed by atoms with Gasteiger partial charge in [0, 0.05) is 13.1 Å². The molecule has 0 radical (unpaired) electrons. The van der Waals surface area contributed by atoms with Gasteiger partial charge in [-0.2, -0.15) is 0 Å². The van der Waals surface area contributed by atoms with Crippen molar-refractivity contribution in [2.24, 2.45) is 0 Å². The summed E-state index contributed by atoms with van der Waals surface area (Å²) in [5, 5.41) is 8.92. The quantitative estimate of drug-likeness (QED) is 0.755. The predicted molar refractivity (Wildman–Crippen MR) is 65.3 cm³/mol. The van der Waals surface area contributed by atoms with Gasteiger partial charge in [0.05, 0.1) is 20.1 Å². The fraction of sp³-hybridized carbons (Fsp3) is 0.462. The van der Waals surface area contributed by atoms with E-state index < -0.39 is 0 Å². The molecule has 0 amide bonds. The Hall–Kier alpha value is -1.39. The van der Waals surface area contributed by atoms with E-state index in [-0.39, 0.29) is 12.6 Å². The van der Waals surface area contributed by atoms with Crippen LogP contribution >= 0.6 is 0 Å². The number of aliphatic hydroxyl groups is 1. The first-order valence-corrected chi connectivity index (χ1v) is 5.59. The van der Waals surface area contributed by atoms with Gasteiger partial charge >= 0.3 is 5.97 Å². The Bertz CT molecular complexity index is 348. The van der Waals surface area contributed by atoms with Crippen LogP contribution in [0.25, 0.3) is 0 Å². The molecule has 0 fully saturated rings. The second-order valence-electron chi connectivity index (χ2n) is 4.04. The second-order valence-corrected chi connectivity index (χ2v) is 4.04. The van der Waals surface area contributed by atoms with E-state index in [2.05, 4.69) is 9.64 Å². The summed E-state index contributed by atoms with van der Waals surface area (Å²) in [6, 6.07) is 7.79. The third-order valence-electron chi connectivity index (χ3n) is 2.58. The number of ether oxygens (including phenoxy) is 1. The maximum atomic E-state index is 11.0. The van der Waals surface area contributed by atoms with Crippen LogP contribution < -0.4 is 0 Å². The van der Waals surface area contributed by atoms with Crippen LogP contribution in [0.15, 0.2) is 24.3 Å². The number of hydrogen-bond acceptors (Lipinski definition) is 4. The summed E-state index contributed by atoms with van der Waals surface area (Å²) in [6.45, 7) is 1.52. The van der Waals surface area contributed by atoms with Crippen molar-refractivity contribution in [3.05, 3.63) is 35.4 Å². The van der Waals surface area contributed by atoms with Crippen molar-refractivity contribution in [2.45, 2.75) is 19.6 Å². The molecule has 0 aliphatic heterocycles. The molecule has 4 heteroatoms. The zero-order valence-electron chi connectivity index (χ0n) is 10.3. The van der Waals surface area contributed by atoms with Crippen LogP contribution in [0, 0.1) is 0 Å². The molecule has 17 heavy (non-hydrogen) atoms. The van der Waals surface area contributed by atoms with Gasteiger partial charge in [-0.1, -0.05) is 24.3 Å². The van der Waals surface area contributed by atoms with Crippen molar-refractivity contribution in [1.29, 1.82) is 0 Å². The summed E-state index contributed by atoms with van der Waals surface area (Å²) in [4.78, 5) is 13.0. The first-order chi connectivity index (χ1) is 8.15. The number of carbonyl (C=O) groups excluding carboxylic acids is 1. The van der Waals surface area contributed by atoms with E-state index >= 15 is 0 Å². The highest BCUT2D eigenvalue weighted by Gasteiger charge is 2.04.